The molecule has 1 aromatic heterocycles. The maximum absolute atomic E-state index is 11.9. The van der Waals surface area contributed by atoms with E-state index in [0.717, 1.165) is 42.9 Å². The molecule has 2 N–H and O–H groups in total. The van der Waals surface area contributed by atoms with E-state index < -0.39 is 0 Å². The molecule has 1 unspecified atom stereocenters. The minimum atomic E-state index is -0.0909. The van der Waals surface area contributed by atoms with Crippen molar-refractivity contribution in [3.05, 3.63) is 48.0 Å². The zero-order valence-corrected chi connectivity index (χ0v) is 14.0. The first-order valence-corrected chi connectivity index (χ1v) is 8.41. The molecule has 2 aromatic rings. The highest BCUT2D eigenvalue weighted by atomic mass is 16.5. The molecule has 1 aromatic carbocycles. The molecule has 1 fully saturated rings. The predicted molar refractivity (Wildman–Crippen MR) is 91.5 cm³/mol. The third kappa shape index (κ3) is 4.35. The summed E-state index contributed by atoms with van der Waals surface area (Å²) in [6.07, 6.45) is 6.70. The fraction of sp³-hybridized carbons (Fsp3) is 0.444. The lowest BCUT2D eigenvalue weighted by Crippen LogP contribution is -2.42. The quantitative estimate of drug-likeness (QED) is 0.848. The number of aryl methyl sites for hydroxylation is 1. The van der Waals surface area contributed by atoms with E-state index in [4.69, 9.17) is 4.74 Å². The average molecular weight is 328 g/mol. The number of carbonyl (C=O) groups is 1. The normalized spacial score (nSPS) is 18.0. The van der Waals surface area contributed by atoms with Crippen LogP contribution in [0.25, 0.3) is 0 Å². The highest BCUT2D eigenvalue weighted by Gasteiger charge is 2.19. The van der Waals surface area contributed by atoms with Crippen LogP contribution in [0.4, 0.5) is 0 Å². The highest BCUT2D eigenvalue weighted by molar-refractivity contribution is 5.81. The Morgan fingerprint density at radius 2 is 2.17 bits per heavy atom. The third-order valence-corrected chi connectivity index (χ3v) is 4.30. The minimum Gasteiger partial charge on any atom is -0.486 e. The van der Waals surface area contributed by atoms with Crippen molar-refractivity contribution in [1.82, 2.24) is 20.2 Å². The number of rotatable bonds is 6. The summed E-state index contributed by atoms with van der Waals surface area (Å²) in [6.45, 7) is 1.92. The topological polar surface area (TPSA) is 68.2 Å². The minimum absolute atomic E-state index is 0.0909. The van der Waals surface area contributed by atoms with Crippen LogP contribution in [0.3, 0.4) is 0 Å². The van der Waals surface area contributed by atoms with Crippen LogP contribution in [0.5, 0.6) is 5.75 Å². The maximum Gasteiger partial charge on any atom is 0.237 e. The molecule has 0 saturated carbocycles. The number of nitrogens with zero attached hydrogens (tertiary/aromatic N) is 2. The number of carbonyl (C=O) groups excluding carboxylic acids is 1. The largest absolute Gasteiger partial charge is 0.486 e. The molecule has 1 aliphatic rings. The summed E-state index contributed by atoms with van der Waals surface area (Å²) in [5.74, 6) is 1.82. The summed E-state index contributed by atoms with van der Waals surface area (Å²) in [4.78, 5) is 16.1. The molecular formula is C18H24N4O2. The molecule has 128 valence electrons. The van der Waals surface area contributed by atoms with Crippen LogP contribution in [0.1, 0.15) is 30.7 Å². The zero-order valence-electron chi connectivity index (χ0n) is 14.0. The molecule has 1 saturated heterocycles. The van der Waals surface area contributed by atoms with Gasteiger partial charge < -0.3 is 19.9 Å². The molecule has 0 spiro atoms. The van der Waals surface area contributed by atoms with Crippen LogP contribution in [-0.2, 0) is 25.0 Å². The molecule has 0 aliphatic carbocycles. The van der Waals surface area contributed by atoms with Gasteiger partial charge in [0, 0.05) is 32.5 Å². The number of hydrogen-bond acceptors (Lipinski definition) is 4. The van der Waals surface area contributed by atoms with Crippen molar-refractivity contribution >= 4 is 5.91 Å². The van der Waals surface area contributed by atoms with Crippen molar-refractivity contribution in [2.24, 2.45) is 7.05 Å². The Hall–Kier alpha value is -2.34. The summed E-state index contributed by atoms with van der Waals surface area (Å²) in [5.41, 5.74) is 1.14. The molecule has 6 heteroatoms. The van der Waals surface area contributed by atoms with E-state index in [1.165, 1.54) is 0 Å². The van der Waals surface area contributed by atoms with Crippen molar-refractivity contribution < 1.29 is 9.53 Å². The van der Waals surface area contributed by atoms with E-state index in [9.17, 15) is 4.79 Å². The average Bonchev–Trinajstić information content (AvgIpc) is 2.89. The lowest BCUT2D eigenvalue weighted by atomic mass is 10.1. The van der Waals surface area contributed by atoms with Gasteiger partial charge in [-0.15, -0.1) is 0 Å². The SMILES string of the molecule is Cn1ccnc1COc1ccc(CNC2CCCCNC2=O)cc1. The van der Waals surface area contributed by atoms with E-state index in [0.29, 0.717) is 13.2 Å². The number of imidazole rings is 1. The van der Waals surface area contributed by atoms with E-state index in [1.807, 2.05) is 42.1 Å². The first-order chi connectivity index (χ1) is 11.7. The van der Waals surface area contributed by atoms with E-state index in [-0.39, 0.29) is 11.9 Å². The van der Waals surface area contributed by atoms with Gasteiger partial charge in [-0.1, -0.05) is 12.1 Å². The number of nitrogens with one attached hydrogen (secondary N) is 2. The Kier molecular flexibility index (Phi) is 5.48. The molecule has 24 heavy (non-hydrogen) atoms. The van der Waals surface area contributed by atoms with Crippen LogP contribution in [0.2, 0.25) is 0 Å². The smallest absolute Gasteiger partial charge is 0.237 e. The summed E-state index contributed by atoms with van der Waals surface area (Å²) in [6, 6.07) is 7.86. The summed E-state index contributed by atoms with van der Waals surface area (Å²) >= 11 is 0. The van der Waals surface area contributed by atoms with Crippen molar-refractivity contribution in [2.45, 2.75) is 38.5 Å². The first kappa shape index (κ1) is 16.5. The van der Waals surface area contributed by atoms with E-state index in [2.05, 4.69) is 15.6 Å². The molecule has 6 nitrogen and oxygen atoms in total. The van der Waals surface area contributed by atoms with Gasteiger partial charge in [0.1, 0.15) is 18.2 Å². The third-order valence-electron chi connectivity index (χ3n) is 4.30. The maximum atomic E-state index is 11.9. The van der Waals surface area contributed by atoms with Gasteiger partial charge in [0.2, 0.25) is 5.91 Å². The van der Waals surface area contributed by atoms with Crippen LogP contribution in [0.15, 0.2) is 36.7 Å². The summed E-state index contributed by atoms with van der Waals surface area (Å²) < 4.78 is 7.69. The molecule has 1 atom stereocenters. The summed E-state index contributed by atoms with van der Waals surface area (Å²) in [5, 5.41) is 6.29. The lowest BCUT2D eigenvalue weighted by Gasteiger charge is -2.15. The second-order valence-corrected chi connectivity index (χ2v) is 6.11. The van der Waals surface area contributed by atoms with Crippen LogP contribution >= 0.6 is 0 Å². The van der Waals surface area contributed by atoms with E-state index >= 15 is 0 Å². The van der Waals surface area contributed by atoms with Gasteiger partial charge in [-0.3, -0.25) is 4.79 Å². The van der Waals surface area contributed by atoms with Gasteiger partial charge in [0.15, 0.2) is 0 Å². The fourth-order valence-electron chi connectivity index (χ4n) is 2.76. The second-order valence-electron chi connectivity index (χ2n) is 6.11. The molecule has 1 aliphatic heterocycles. The van der Waals surface area contributed by atoms with Gasteiger partial charge in [-0.05, 0) is 37.0 Å². The molecule has 0 radical (unpaired) electrons. The van der Waals surface area contributed by atoms with Crippen LogP contribution < -0.4 is 15.4 Å². The number of aromatic nitrogens is 2. The zero-order chi connectivity index (χ0) is 16.8. The van der Waals surface area contributed by atoms with Gasteiger partial charge in [-0.25, -0.2) is 4.98 Å². The number of amides is 1. The van der Waals surface area contributed by atoms with Crippen molar-refractivity contribution in [3.8, 4) is 5.75 Å². The predicted octanol–water partition coefficient (Wildman–Crippen LogP) is 1.76. The van der Waals surface area contributed by atoms with Crippen molar-refractivity contribution in [3.63, 3.8) is 0 Å². The Morgan fingerprint density at radius 1 is 1.33 bits per heavy atom. The van der Waals surface area contributed by atoms with Crippen LogP contribution in [-0.4, -0.2) is 28.0 Å². The van der Waals surface area contributed by atoms with Crippen molar-refractivity contribution in [2.75, 3.05) is 6.54 Å². The number of ether oxygens (including phenoxy) is 1. The molecular weight excluding hydrogens is 304 g/mol. The number of hydrogen-bond donors (Lipinski definition) is 2. The fourth-order valence-corrected chi connectivity index (χ4v) is 2.76. The molecule has 3 rings (SSSR count). The highest BCUT2D eigenvalue weighted by Crippen LogP contribution is 2.14. The standard InChI is InChI=1S/C18H24N4O2/c1-22-11-10-19-17(22)13-24-15-7-5-14(6-8-15)12-21-16-4-2-3-9-20-18(16)23/h5-8,10-11,16,21H,2-4,9,12-13H2,1H3,(H,20,23). The van der Waals surface area contributed by atoms with Gasteiger partial charge in [0.25, 0.3) is 0 Å². The molecule has 0 bridgehead atoms. The van der Waals surface area contributed by atoms with Gasteiger partial charge in [-0.2, -0.15) is 0 Å². The van der Waals surface area contributed by atoms with Crippen molar-refractivity contribution in [1.29, 1.82) is 0 Å². The summed E-state index contributed by atoms with van der Waals surface area (Å²) in [7, 11) is 1.95. The molecule has 1 amide bonds. The lowest BCUT2D eigenvalue weighted by molar-refractivity contribution is -0.122. The Bertz CT molecular complexity index is 666. The number of benzene rings is 1. The second kappa shape index (κ2) is 7.97. The Labute approximate surface area is 142 Å². The molecule has 2 heterocycles. The monoisotopic (exact) mass is 328 g/mol. The Balaban J connectivity index is 1.49. The van der Waals surface area contributed by atoms with Gasteiger partial charge in [0.05, 0.1) is 6.04 Å². The first-order valence-electron chi connectivity index (χ1n) is 8.41. The Morgan fingerprint density at radius 3 is 2.92 bits per heavy atom. The van der Waals surface area contributed by atoms with E-state index in [1.54, 1.807) is 6.20 Å². The van der Waals surface area contributed by atoms with Crippen LogP contribution in [0, 0.1) is 0 Å². The van der Waals surface area contributed by atoms with Gasteiger partial charge >= 0.3 is 0 Å².